The normalized spacial score (nSPS) is 16.2. The summed E-state index contributed by atoms with van der Waals surface area (Å²) in [5.74, 6) is -0.998. The third-order valence-electron chi connectivity index (χ3n) is 7.36. The first-order chi connectivity index (χ1) is 18.1. The number of furan rings is 1. The lowest BCUT2D eigenvalue weighted by Crippen LogP contribution is -2.34. The van der Waals surface area contributed by atoms with Crippen molar-refractivity contribution in [1.29, 1.82) is 0 Å². The maximum Gasteiger partial charge on any atom is 0.290 e. The van der Waals surface area contributed by atoms with E-state index in [2.05, 4.69) is 39.5 Å². The van der Waals surface area contributed by atoms with Crippen LogP contribution in [-0.4, -0.2) is 59.9 Å². The van der Waals surface area contributed by atoms with Crippen LogP contribution in [-0.2, 0) is 10.2 Å². The summed E-state index contributed by atoms with van der Waals surface area (Å²) >= 11 is 0. The zero-order chi connectivity index (χ0) is 27.6. The van der Waals surface area contributed by atoms with Crippen LogP contribution >= 0.6 is 0 Å². The van der Waals surface area contributed by atoms with Crippen molar-refractivity contribution in [1.82, 2.24) is 9.80 Å². The predicted octanol–water partition coefficient (Wildman–Crippen LogP) is 6.05. The van der Waals surface area contributed by atoms with E-state index in [1.54, 1.807) is 17.0 Å². The Hall–Kier alpha value is -3.58. The van der Waals surface area contributed by atoms with Crippen molar-refractivity contribution >= 4 is 22.7 Å². The molecule has 4 rings (SSSR count). The number of nitrogens with zero attached hydrogens (tertiary/aromatic N) is 2. The number of carbonyl (C=O) groups is 2. The molecule has 38 heavy (non-hydrogen) atoms. The van der Waals surface area contributed by atoms with Crippen LogP contribution in [0.25, 0.3) is 11.0 Å². The van der Waals surface area contributed by atoms with Crippen molar-refractivity contribution < 1.29 is 23.8 Å². The Morgan fingerprint density at radius 1 is 1.11 bits per heavy atom. The molecule has 0 radical (unpaired) electrons. The molecule has 1 aromatic heterocycles. The smallest absolute Gasteiger partial charge is 0.290 e. The summed E-state index contributed by atoms with van der Waals surface area (Å²) in [6.45, 7) is 13.7. The van der Waals surface area contributed by atoms with Gasteiger partial charge in [0, 0.05) is 11.9 Å². The molecule has 2 heterocycles. The molecule has 2 aromatic carbocycles. The molecular formula is C31H38N2O5. The van der Waals surface area contributed by atoms with Gasteiger partial charge < -0.3 is 24.1 Å². The summed E-state index contributed by atoms with van der Waals surface area (Å²) in [7, 11) is 1.54. The van der Waals surface area contributed by atoms with Gasteiger partial charge in [-0.2, -0.15) is 0 Å². The van der Waals surface area contributed by atoms with Crippen LogP contribution in [0.4, 0.5) is 0 Å². The van der Waals surface area contributed by atoms with Gasteiger partial charge in [0.2, 0.25) is 5.78 Å². The highest BCUT2D eigenvalue weighted by atomic mass is 16.5. The molecule has 0 saturated carbocycles. The van der Waals surface area contributed by atoms with E-state index in [0.29, 0.717) is 23.3 Å². The SMILES string of the molecule is CCN(CC)CCCN1C(=O)C(O)=C(C(=O)c2cc3cccc(OC)c3o2)[C@@H]1c1ccc(C(C)(C)C)cc1. The monoisotopic (exact) mass is 518 g/mol. The van der Waals surface area contributed by atoms with Gasteiger partial charge in [-0.25, -0.2) is 0 Å². The number of benzene rings is 2. The number of aliphatic hydroxyl groups excluding tert-OH is 1. The number of methoxy groups -OCH3 is 1. The molecule has 202 valence electrons. The Morgan fingerprint density at radius 3 is 2.39 bits per heavy atom. The maximum atomic E-state index is 13.9. The average molecular weight is 519 g/mol. The predicted molar refractivity (Wildman–Crippen MR) is 149 cm³/mol. The number of hydrogen-bond acceptors (Lipinski definition) is 6. The topological polar surface area (TPSA) is 83.2 Å². The summed E-state index contributed by atoms with van der Waals surface area (Å²) < 4.78 is 11.3. The first-order valence-electron chi connectivity index (χ1n) is 13.3. The molecule has 1 aliphatic rings. The summed E-state index contributed by atoms with van der Waals surface area (Å²) in [5.41, 5.74) is 2.36. The second-order valence-electron chi connectivity index (χ2n) is 10.7. The first-order valence-corrected chi connectivity index (χ1v) is 13.3. The molecule has 0 spiro atoms. The Labute approximate surface area is 224 Å². The molecule has 7 nitrogen and oxygen atoms in total. The average Bonchev–Trinajstić information content (AvgIpc) is 3.45. The number of amides is 1. The Kier molecular flexibility index (Phi) is 7.97. The van der Waals surface area contributed by atoms with Crippen LogP contribution in [0.3, 0.4) is 0 Å². The lowest BCUT2D eigenvalue weighted by atomic mass is 9.85. The quantitative estimate of drug-likeness (QED) is 0.329. The van der Waals surface area contributed by atoms with E-state index < -0.39 is 23.5 Å². The fraction of sp³-hybridized carbons (Fsp3) is 0.419. The Bertz CT molecular complexity index is 1340. The highest BCUT2D eigenvalue weighted by Crippen LogP contribution is 2.41. The summed E-state index contributed by atoms with van der Waals surface area (Å²) in [6.07, 6.45) is 0.723. The second kappa shape index (κ2) is 11.0. The lowest BCUT2D eigenvalue weighted by Gasteiger charge is -2.28. The highest BCUT2D eigenvalue weighted by molar-refractivity contribution is 6.16. The molecule has 1 N–H and O–H groups in total. The van der Waals surface area contributed by atoms with E-state index in [4.69, 9.17) is 9.15 Å². The summed E-state index contributed by atoms with van der Waals surface area (Å²) in [6, 6.07) is 14.3. The molecule has 0 saturated heterocycles. The van der Waals surface area contributed by atoms with Gasteiger partial charge in [0.15, 0.2) is 22.9 Å². The van der Waals surface area contributed by atoms with Crippen molar-refractivity contribution in [3.8, 4) is 5.75 Å². The molecule has 1 aliphatic heterocycles. The molecule has 1 amide bonds. The molecule has 1 atom stereocenters. The van der Waals surface area contributed by atoms with E-state index >= 15 is 0 Å². The fourth-order valence-electron chi connectivity index (χ4n) is 5.07. The highest BCUT2D eigenvalue weighted by Gasteiger charge is 2.44. The van der Waals surface area contributed by atoms with Crippen molar-refractivity contribution in [2.24, 2.45) is 0 Å². The van der Waals surface area contributed by atoms with Crippen LogP contribution in [0, 0.1) is 0 Å². The van der Waals surface area contributed by atoms with Crippen LogP contribution in [0.5, 0.6) is 5.75 Å². The standard InChI is InChI=1S/C31H38N2O5/c1-7-32(8-2)17-10-18-33-26(20-13-15-22(16-14-20)31(3,4)5)25(28(35)30(33)36)27(34)24-19-21-11-9-12-23(37-6)29(21)38-24/h9,11-16,19,26,35H,7-8,10,17-18H2,1-6H3/t26-/m0/s1. The molecule has 3 aromatic rings. The molecule has 0 unspecified atom stereocenters. The molecule has 0 bridgehead atoms. The van der Waals surface area contributed by atoms with Crippen molar-refractivity contribution in [3.63, 3.8) is 0 Å². The number of ether oxygens (including phenoxy) is 1. The van der Waals surface area contributed by atoms with Gasteiger partial charge in [0.05, 0.1) is 18.7 Å². The second-order valence-corrected chi connectivity index (χ2v) is 10.7. The Morgan fingerprint density at radius 2 is 1.79 bits per heavy atom. The number of hydrogen-bond donors (Lipinski definition) is 1. The van der Waals surface area contributed by atoms with E-state index in [9.17, 15) is 14.7 Å². The van der Waals surface area contributed by atoms with Gasteiger partial charge in [0.1, 0.15) is 0 Å². The third kappa shape index (κ3) is 5.20. The number of rotatable bonds is 10. The number of para-hydroxylation sites is 1. The third-order valence-corrected chi connectivity index (χ3v) is 7.36. The van der Waals surface area contributed by atoms with Gasteiger partial charge in [-0.1, -0.05) is 71.0 Å². The van der Waals surface area contributed by atoms with Gasteiger partial charge in [-0.05, 0) is 54.7 Å². The minimum atomic E-state index is -0.712. The zero-order valence-corrected chi connectivity index (χ0v) is 23.2. The lowest BCUT2D eigenvalue weighted by molar-refractivity contribution is -0.129. The van der Waals surface area contributed by atoms with Crippen molar-refractivity contribution in [2.75, 3.05) is 33.3 Å². The molecule has 0 fully saturated rings. The Balaban J connectivity index is 1.74. The molecular weight excluding hydrogens is 480 g/mol. The van der Waals surface area contributed by atoms with E-state index in [-0.39, 0.29) is 16.7 Å². The number of carbonyl (C=O) groups excluding carboxylic acids is 2. The molecule has 0 aliphatic carbocycles. The van der Waals surface area contributed by atoms with E-state index in [1.807, 2.05) is 36.4 Å². The summed E-state index contributed by atoms with van der Waals surface area (Å²) in [5, 5.41) is 11.8. The number of ketones is 1. The molecule has 7 heteroatoms. The number of Topliss-reactive ketones (excluding diaryl/α,β-unsaturated/α-hetero) is 1. The maximum absolute atomic E-state index is 13.9. The number of aliphatic hydroxyl groups is 1. The van der Waals surface area contributed by atoms with Gasteiger partial charge in [-0.15, -0.1) is 0 Å². The van der Waals surface area contributed by atoms with Gasteiger partial charge in [-0.3, -0.25) is 9.59 Å². The summed E-state index contributed by atoms with van der Waals surface area (Å²) in [4.78, 5) is 31.1. The van der Waals surface area contributed by atoms with E-state index in [1.165, 1.54) is 7.11 Å². The zero-order valence-electron chi connectivity index (χ0n) is 23.2. The van der Waals surface area contributed by atoms with E-state index in [0.717, 1.165) is 37.2 Å². The van der Waals surface area contributed by atoms with Crippen LogP contribution in [0.2, 0.25) is 0 Å². The minimum absolute atomic E-state index is 0.0411. The van der Waals surface area contributed by atoms with Gasteiger partial charge in [0.25, 0.3) is 5.91 Å². The fourth-order valence-corrected chi connectivity index (χ4v) is 5.07. The first kappa shape index (κ1) is 27.5. The number of fused-ring (bicyclic) bond motifs is 1. The van der Waals surface area contributed by atoms with Crippen LogP contribution in [0.1, 0.15) is 68.8 Å². The van der Waals surface area contributed by atoms with Crippen LogP contribution < -0.4 is 4.74 Å². The van der Waals surface area contributed by atoms with Crippen LogP contribution in [0.15, 0.2) is 64.3 Å². The van der Waals surface area contributed by atoms with Crippen molar-refractivity contribution in [3.05, 3.63) is 76.8 Å². The van der Waals surface area contributed by atoms with Gasteiger partial charge >= 0.3 is 0 Å². The minimum Gasteiger partial charge on any atom is -0.503 e. The van der Waals surface area contributed by atoms with Crippen molar-refractivity contribution in [2.45, 2.75) is 52.5 Å². The largest absolute Gasteiger partial charge is 0.503 e.